The predicted octanol–water partition coefficient (Wildman–Crippen LogP) is 2.76. The van der Waals surface area contributed by atoms with Gasteiger partial charge in [0.15, 0.2) is 0 Å². The van der Waals surface area contributed by atoms with Gasteiger partial charge in [-0.3, -0.25) is 4.79 Å². The summed E-state index contributed by atoms with van der Waals surface area (Å²) in [6.45, 7) is 0.810. The van der Waals surface area contributed by atoms with Crippen molar-refractivity contribution < 1.29 is 9.53 Å². The molecule has 0 aromatic heterocycles. The lowest BCUT2D eigenvalue weighted by Crippen LogP contribution is -2.11. The van der Waals surface area contributed by atoms with E-state index in [4.69, 9.17) is 10.5 Å². The normalized spacial score (nSPS) is 10.4. The number of benzene rings is 1. The van der Waals surface area contributed by atoms with Gasteiger partial charge in [-0.05, 0) is 48.6 Å². The van der Waals surface area contributed by atoms with E-state index in [9.17, 15) is 4.79 Å². The van der Waals surface area contributed by atoms with E-state index in [0.717, 1.165) is 36.6 Å². The minimum absolute atomic E-state index is 0.0577. The molecule has 3 N–H and O–H groups in total. The monoisotopic (exact) mass is 282 g/mol. The second-order valence-electron chi connectivity index (χ2n) is 4.23. The molecule has 0 fully saturated rings. The quantitative estimate of drug-likeness (QED) is 0.540. The van der Waals surface area contributed by atoms with Crippen LogP contribution >= 0.6 is 11.8 Å². The minimum Gasteiger partial charge on any atom is -0.399 e. The van der Waals surface area contributed by atoms with Crippen LogP contribution in [0.15, 0.2) is 24.3 Å². The van der Waals surface area contributed by atoms with Gasteiger partial charge in [0, 0.05) is 31.5 Å². The molecule has 4 nitrogen and oxygen atoms in total. The fourth-order valence-corrected chi connectivity index (χ4v) is 2.41. The Balaban J connectivity index is 2.06. The van der Waals surface area contributed by atoms with Crippen molar-refractivity contribution in [3.05, 3.63) is 24.3 Å². The van der Waals surface area contributed by atoms with Gasteiger partial charge in [-0.15, -0.1) is 0 Å². The number of carbonyl (C=O) groups excluding carboxylic acids is 1. The highest BCUT2D eigenvalue weighted by molar-refractivity contribution is 7.99. The smallest absolute Gasteiger partial charge is 0.224 e. The van der Waals surface area contributed by atoms with Gasteiger partial charge in [0.25, 0.3) is 0 Å². The molecular weight excluding hydrogens is 260 g/mol. The van der Waals surface area contributed by atoms with Gasteiger partial charge in [-0.1, -0.05) is 0 Å². The fraction of sp³-hybridized carbons (Fsp3) is 0.500. The Morgan fingerprint density at radius 2 is 1.95 bits per heavy atom. The van der Waals surface area contributed by atoms with Crippen molar-refractivity contribution in [3.8, 4) is 0 Å². The molecular formula is C14H22N2O2S. The van der Waals surface area contributed by atoms with Crippen LogP contribution in [0.3, 0.4) is 0 Å². The van der Waals surface area contributed by atoms with Crippen molar-refractivity contribution in [2.75, 3.05) is 36.3 Å². The molecule has 1 rings (SSSR count). The van der Waals surface area contributed by atoms with Gasteiger partial charge in [0.2, 0.25) is 5.91 Å². The first-order valence-electron chi connectivity index (χ1n) is 6.44. The fourth-order valence-electron chi connectivity index (χ4n) is 1.53. The number of hydrogen-bond acceptors (Lipinski definition) is 4. The number of thioether (sulfide) groups is 1. The maximum Gasteiger partial charge on any atom is 0.224 e. The van der Waals surface area contributed by atoms with Crippen LogP contribution < -0.4 is 11.1 Å². The zero-order valence-electron chi connectivity index (χ0n) is 11.4. The molecule has 0 aliphatic carbocycles. The molecule has 0 heterocycles. The van der Waals surface area contributed by atoms with Gasteiger partial charge in [0.1, 0.15) is 0 Å². The minimum atomic E-state index is 0.0577. The number of nitrogens with two attached hydrogens (primary N) is 1. The lowest BCUT2D eigenvalue weighted by atomic mass is 10.2. The topological polar surface area (TPSA) is 64.3 Å². The summed E-state index contributed by atoms with van der Waals surface area (Å²) in [5.74, 6) is 2.16. The summed E-state index contributed by atoms with van der Waals surface area (Å²) in [5, 5.41) is 2.86. The van der Waals surface area contributed by atoms with Crippen LogP contribution in [-0.2, 0) is 9.53 Å². The lowest BCUT2D eigenvalue weighted by molar-refractivity contribution is -0.116. The Hall–Kier alpha value is -1.20. The van der Waals surface area contributed by atoms with E-state index < -0.39 is 0 Å². The number of nitrogens with one attached hydrogen (secondary N) is 1. The molecule has 5 heteroatoms. The van der Waals surface area contributed by atoms with Crippen LogP contribution in [0.1, 0.15) is 19.3 Å². The number of hydrogen-bond donors (Lipinski definition) is 2. The summed E-state index contributed by atoms with van der Waals surface area (Å²) < 4.78 is 4.98. The molecule has 0 aliphatic rings. The summed E-state index contributed by atoms with van der Waals surface area (Å²) in [4.78, 5) is 11.7. The zero-order valence-corrected chi connectivity index (χ0v) is 12.2. The highest BCUT2D eigenvalue weighted by Crippen LogP contribution is 2.12. The molecule has 0 saturated heterocycles. The largest absolute Gasteiger partial charge is 0.399 e. The van der Waals surface area contributed by atoms with E-state index in [0.29, 0.717) is 12.1 Å². The second-order valence-corrected chi connectivity index (χ2v) is 5.46. The van der Waals surface area contributed by atoms with Gasteiger partial charge in [-0.2, -0.15) is 11.8 Å². The number of carbonyl (C=O) groups is 1. The maximum atomic E-state index is 11.7. The highest BCUT2D eigenvalue weighted by atomic mass is 32.2. The van der Waals surface area contributed by atoms with Crippen LogP contribution in [0, 0.1) is 0 Å². The van der Waals surface area contributed by atoms with E-state index >= 15 is 0 Å². The summed E-state index contributed by atoms with van der Waals surface area (Å²) >= 11 is 1.87. The van der Waals surface area contributed by atoms with Crippen LogP contribution in [-0.4, -0.2) is 31.1 Å². The van der Waals surface area contributed by atoms with Crippen LogP contribution in [0.5, 0.6) is 0 Å². The van der Waals surface area contributed by atoms with Crippen LogP contribution in [0.25, 0.3) is 0 Å². The average Bonchev–Trinajstić information content (AvgIpc) is 2.40. The van der Waals surface area contributed by atoms with Gasteiger partial charge < -0.3 is 15.8 Å². The molecule has 0 spiro atoms. The Kier molecular flexibility index (Phi) is 8.09. The van der Waals surface area contributed by atoms with Crippen molar-refractivity contribution in [2.45, 2.75) is 19.3 Å². The standard InChI is InChI=1S/C14H22N2O2S/c1-18-9-3-11-19-10-2-4-14(17)16-13-7-5-12(15)6-8-13/h5-8H,2-4,9-11,15H2,1H3,(H,16,17). The number of anilines is 2. The summed E-state index contributed by atoms with van der Waals surface area (Å²) in [7, 11) is 1.71. The molecule has 0 atom stereocenters. The van der Waals surface area contributed by atoms with Crippen molar-refractivity contribution >= 4 is 29.0 Å². The lowest BCUT2D eigenvalue weighted by Gasteiger charge is -2.05. The number of methoxy groups -OCH3 is 1. The molecule has 0 radical (unpaired) electrons. The number of nitrogen functional groups attached to an aromatic ring is 1. The Bertz CT molecular complexity index is 368. The SMILES string of the molecule is COCCCSCCCC(=O)Nc1ccc(N)cc1. The Labute approximate surface area is 119 Å². The third-order valence-corrected chi connectivity index (χ3v) is 3.68. The first-order chi connectivity index (χ1) is 9.22. The van der Waals surface area contributed by atoms with E-state index in [-0.39, 0.29) is 5.91 Å². The maximum absolute atomic E-state index is 11.7. The van der Waals surface area contributed by atoms with Crippen molar-refractivity contribution in [3.63, 3.8) is 0 Å². The molecule has 1 amide bonds. The average molecular weight is 282 g/mol. The van der Waals surface area contributed by atoms with Crippen molar-refractivity contribution in [1.82, 2.24) is 0 Å². The van der Waals surface area contributed by atoms with Gasteiger partial charge in [-0.25, -0.2) is 0 Å². The van der Waals surface area contributed by atoms with E-state index in [1.807, 2.05) is 23.9 Å². The van der Waals surface area contributed by atoms with Gasteiger partial charge in [0.05, 0.1) is 0 Å². The molecule has 0 unspecified atom stereocenters. The van der Waals surface area contributed by atoms with Crippen molar-refractivity contribution in [1.29, 1.82) is 0 Å². The number of rotatable bonds is 9. The molecule has 0 saturated carbocycles. The third kappa shape index (κ3) is 7.74. The first kappa shape index (κ1) is 15.9. The van der Waals surface area contributed by atoms with E-state index in [2.05, 4.69) is 5.32 Å². The van der Waals surface area contributed by atoms with Gasteiger partial charge >= 0.3 is 0 Å². The molecule has 1 aromatic carbocycles. The number of amides is 1. The molecule has 0 bridgehead atoms. The predicted molar refractivity (Wildman–Crippen MR) is 82.5 cm³/mol. The highest BCUT2D eigenvalue weighted by Gasteiger charge is 2.02. The summed E-state index contributed by atoms with van der Waals surface area (Å²) in [5.41, 5.74) is 7.08. The first-order valence-corrected chi connectivity index (χ1v) is 7.60. The molecule has 0 aliphatic heterocycles. The summed E-state index contributed by atoms with van der Waals surface area (Å²) in [6, 6.07) is 7.18. The molecule has 106 valence electrons. The Morgan fingerprint density at radius 3 is 2.63 bits per heavy atom. The second kappa shape index (κ2) is 9.69. The van der Waals surface area contributed by atoms with E-state index in [1.165, 1.54) is 0 Å². The van der Waals surface area contributed by atoms with Crippen LogP contribution in [0.4, 0.5) is 11.4 Å². The van der Waals surface area contributed by atoms with Crippen molar-refractivity contribution in [2.24, 2.45) is 0 Å². The number of ether oxygens (including phenoxy) is 1. The molecule has 1 aromatic rings. The van der Waals surface area contributed by atoms with E-state index in [1.54, 1.807) is 19.2 Å². The Morgan fingerprint density at radius 1 is 1.26 bits per heavy atom. The third-order valence-electron chi connectivity index (χ3n) is 2.52. The molecule has 19 heavy (non-hydrogen) atoms. The summed E-state index contributed by atoms with van der Waals surface area (Å²) in [6.07, 6.45) is 2.53. The zero-order chi connectivity index (χ0) is 13.9. The van der Waals surface area contributed by atoms with Crippen LogP contribution in [0.2, 0.25) is 0 Å².